The van der Waals surface area contributed by atoms with Gasteiger partial charge in [0.25, 0.3) is 0 Å². The molecule has 7 heteroatoms. The van der Waals surface area contributed by atoms with Crippen molar-refractivity contribution in [2.24, 2.45) is 7.05 Å². The molecule has 1 aromatic heterocycles. The van der Waals surface area contributed by atoms with E-state index in [0.717, 1.165) is 10.4 Å². The van der Waals surface area contributed by atoms with E-state index in [9.17, 15) is 13.2 Å². The standard InChI is InChI=1S/C12H16N2O4S/c1-4-6-14(7-5-2)19(17,18)10-8-11(12(15)16)13(3)9-10/h4-5,8-9H,1-2,6-7H2,3H3,(H,15,16). The molecular formula is C12H16N2O4S. The van der Waals surface area contributed by atoms with Gasteiger partial charge in [-0.15, -0.1) is 13.2 Å². The second-order valence-electron chi connectivity index (χ2n) is 3.88. The van der Waals surface area contributed by atoms with Crippen LogP contribution in [0.1, 0.15) is 10.5 Å². The first-order valence-electron chi connectivity index (χ1n) is 5.46. The van der Waals surface area contributed by atoms with Gasteiger partial charge >= 0.3 is 5.97 Å². The van der Waals surface area contributed by atoms with Crippen LogP contribution in [-0.4, -0.2) is 41.5 Å². The minimum absolute atomic E-state index is 0.0592. The maximum atomic E-state index is 12.3. The normalized spacial score (nSPS) is 11.5. The van der Waals surface area contributed by atoms with Crippen LogP contribution in [0, 0.1) is 0 Å². The number of nitrogens with zero attached hydrogens (tertiary/aromatic N) is 2. The van der Waals surface area contributed by atoms with E-state index in [2.05, 4.69) is 13.2 Å². The molecule has 0 aliphatic rings. The second kappa shape index (κ2) is 5.85. The van der Waals surface area contributed by atoms with E-state index < -0.39 is 16.0 Å². The predicted octanol–water partition coefficient (Wildman–Crippen LogP) is 1.09. The number of carbonyl (C=O) groups is 1. The molecule has 0 atom stereocenters. The fraction of sp³-hybridized carbons (Fsp3) is 0.250. The van der Waals surface area contributed by atoms with Crippen molar-refractivity contribution in [1.29, 1.82) is 0 Å². The Kier molecular flexibility index (Phi) is 4.68. The average molecular weight is 284 g/mol. The van der Waals surface area contributed by atoms with Gasteiger partial charge in [0.05, 0.1) is 0 Å². The molecule has 0 amide bonds. The van der Waals surface area contributed by atoms with Gasteiger partial charge in [0.2, 0.25) is 10.0 Å². The van der Waals surface area contributed by atoms with Crippen molar-refractivity contribution in [3.63, 3.8) is 0 Å². The zero-order valence-electron chi connectivity index (χ0n) is 10.6. The molecule has 0 radical (unpaired) electrons. The van der Waals surface area contributed by atoms with Crippen LogP contribution in [-0.2, 0) is 17.1 Å². The summed E-state index contributed by atoms with van der Waals surface area (Å²) in [5.41, 5.74) is -0.0873. The number of aromatic carboxylic acids is 1. The Bertz CT molecular complexity index is 591. The molecular weight excluding hydrogens is 268 g/mol. The highest BCUT2D eigenvalue weighted by Gasteiger charge is 2.25. The van der Waals surface area contributed by atoms with Crippen LogP contribution >= 0.6 is 0 Å². The summed E-state index contributed by atoms with van der Waals surface area (Å²) in [7, 11) is -2.27. The summed E-state index contributed by atoms with van der Waals surface area (Å²) < 4.78 is 27.1. The van der Waals surface area contributed by atoms with E-state index in [1.807, 2.05) is 0 Å². The van der Waals surface area contributed by atoms with Gasteiger partial charge in [0.1, 0.15) is 10.6 Å². The Balaban J connectivity index is 3.25. The molecule has 1 rings (SSSR count). The van der Waals surface area contributed by atoms with Crippen molar-refractivity contribution in [2.45, 2.75) is 4.90 Å². The van der Waals surface area contributed by atoms with Gasteiger partial charge in [-0.1, -0.05) is 12.2 Å². The van der Waals surface area contributed by atoms with Gasteiger partial charge in [0.15, 0.2) is 0 Å². The van der Waals surface area contributed by atoms with Crippen molar-refractivity contribution >= 4 is 16.0 Å². The number of carboxylic acids is 1. The fourth-order valence-electron chi connectivity index (χ4n) is 1.60. The Morgan fingerprint density at radius 1 is 1.42 bits per heavy atom. The molecule has 1 heterocycles. The second-order valence-corrected chi connectivity index (χ2v) is 5.81. The number of rotatable bonds is 7. The third kappa shape index (κ3) is 3.12. The van der Waals surface area contributed by atoms with E-state index in [-0.39, 0.29) is 23.7 Å². The number of sulfonamides is 1. The van der Waals surface area contributed by atoms with Crippen LogP contribution in [0.3, 0.4) is 0 Å². The maximum absolute atomic E-state index is 12.3. The van der Waals surface area contributed by atoms with Crippen LogP contribution in [0.25, 0.3) is 0 Å². The molecule has 0 unspecified atom stereocenters. The van der Waals surface area contributed by atoms with Gasteiger partial charge in [-0.25, -0.2) is 13.2 Å². The van der Waals surface area contributed by atoms with Crippen molar-refractivity contribution < 1.29 is 18.3 Å². The lowest BCUT2D eigenvalue weighted by atomic mass is 10.4. The van der Waals surface area contributed by atoms with Gasteiger partial charge < -0.3 is 9.67 Å². The summed E-state index contributed by atoms with van der Waals surface area (Å²) in [5.74, 6) is -1.18. The van der Waals surface area contributed by atoms with Gasteiger partial charge in [0, 0.05) is 26.3 Å². The van der Waals surface area contributed by atoms with Crippen molar-refractivity contribution in [3.8, 4) is 0 Å². The van der Waals surface area contributed by atoms with Crippen molar-refractivity contribution in [3.05, 3.63) is 43.3 Å². The molecule has 0 saturated carbocycles. The van der Waals surface area contributed by atoms with Gasteiger partial charge in [-0.3, -0.25) is 0 Å². The minimum atomic E-state index is -3.75. The summed E-state index contributed by atoms with van der Waals surface area (Å²) in [5, 5.41) is 8.93. The third-order valence-corrected chi connectivity index (χ3v) is 4.30. The van der Waals surface area contributed by atoms with E-state index in [1.54, 1.807) is 0 Å². The van der Waals surface area contributed by atoms with E-state index in [1.165, 1.54) is 30.0 Å². The Morgan fingerprint density at radius 2 is 1.95 bits per heavy atom. The van der Waals surface area contributed by atoms with E-state index >= 15 is 0 Å². The Labute approximate surface area is 112 Å². The molecule has 0 aliphatic heterocycles. The molecule has 0 aliphatic carbocycles. The molecule has 0 saturated heterocycles. The molecule has 0 spiro atoms. The number of aryl methyl sites for hydroxylation is 1. The van der Waals surface area contributed by atoms with Crippen LogP contribution in [0.2, 0.25) is 0 Å². The van der Waals surface area contributed by atoms with Crippen LogP contribution in [0.5, 0.6) is 0 Å². The Morgan fingerprint density at radius 3 is 2.32 bits per heavy atom. The smallest absolute Gasteiger partial charge is 0.352 e. The lowest BCUT2D eigenvalue weighted by Gasteiger charge is -2.17. The zero-order chi connectivity index (χ0) is 14.6. The average Bonchev–Trinajstić information content (AvgIpc) is 2.72. The van der Waals surface area contributed by atoms with Gasteiger partial charge in [-0.2, -0.15) is 4.31 Å². The molecule has 1 aromatic rings. The number of aromatic nitrogens is 1. The number of carboxylic acid groups (broad SMARTS) is 1. The van der Waals surface area contributed by atoms with E-state index in [0.29, 0.717) is 0 Å². The largest absolute Gasteiger partial charge is 0.477 e. The number of hydrogen-bond donors (Lipinski definition) is 1. The maximum Gasteiger partial charge on any atom is 0.352 e. The molecule has 0 bridgehead atoms. The zero-order valence-corrected chi connectivity index (χ0v) is 11.4. The van der Waals surface area contributed by atoms with Crippen LogP contribution in [0.15, 0.2) is 42.5 Å². The third-order valence-electron chi connectivity index (χ3n) is 2.50. The molecule has 1 N–H and O–H groups in total. The lowest BCUT2D eigenvalue weighted by molar-refractivity contribution is 0.0686. The summed E-state index contributed by atoms with van der Waals surface area (Å²) in [6.45, 7) is 7.26. The quantitative estimate of drug-likeness (QED) is 0.760. The summed E-state index contributed by atoms with van der Waals surface area (Å²) >= 11 is 0. The van der Waals surface area contributed by atoms with Crippen molar-refractivity contribution in [2.75, 3.05) is 13.1 Å². The Hall–Kier alpha value is -1.86. The number of hydrogen-bond acceptors (Lipinski definition) is 3. The minimum Gasteiger partial charge on any atom is -0.477 e. The van der Waals surface area contributed by atoms with Crippen LogP contribution in [0.4, 0.5) is 0 Å². The molecule has 104 valence electrons. The molecule has 6 nitrogen and oxygen atoms in total. The van der Waals surface area contributed by atoms with Crippen LogP contribution < -0.4 is 0 Å². The van der Waals surface area contributed by atoms with Crippen molar-refractivity contribution in [1.82, 2.24) is 8.87 Å². The molecule has 0 aromatic carbocycles. The van der Waals surface area contributed by atoms with E-state index in [4.69, 9.17) is 5.11 Å². The summed E-state index contributed by atoms with van der Waals surface area (Å²) in [6.07, 6.45) is 4.20. The first kappa shape index (κ1) is 15.2. The summed E-state index contributed by atoms with van der Waals surface area (Å²) in [4.78, 5) is 10.9. The highest BCUT2D eigenvalue weighted by atomic mass is 32.2. The monoisotopic (exact) mass is 284 g/mol. The predicted molar refractivity (Wildman–Crippen MR) is 71.5 cm³/mol. The molecule has 19 heavy (non-hydrogen) atoms. The van der Waals surface area contributed by atoms with Gasteiger partial charge in [-0.05, 0) is 6.07 Å². The lowest BCUT2D eigenvalue weighted by Crippen LogP contribution is -2.31. The first-order valence-corrected chi connectivity index (χ1v) is 6.90. The fourth-order valence-corrected chi connectivity index (χ4v) is 3.05. The topological polar surface area (TPSA) is 79.6 Å². The summed E-state index contributed by atoms with van der Waals surface area (Å²) in [6, 6.07) is 1.14. The first-order chi connectivity index (χ1) is 8.84. The SMILES string of the molecule is C=CCN(CC=C)S(=O)(=O)c1cc(C(=O)O)n(C)c1. The highest BCUT2D eigenvalue weighted by molar-refractivity contribution is 7.89. The highest BCUT2D eigenvalue weighted by Crippen LogP contribution is 2.18. The molecule has 0 fully saturated rings.